The summed E-state index contributed by atoms with van der Waals surface area (Å²) in [4.78, 5) is 53.6. The van der Waals surface area contributed by atoms with E-state index in [1.165, 1.54) is 25.3 Å². The van der Waals surface area contributed by atoms with Gasteiger partial charge in [0.25, 0.3) is 11.8 Å². The van der Waals surface area contributed by atoms with Crippen LogP contribution in [0.1, 0.15) is 31.1 Å². The summed E-state index contributed by atoms with van der Waals surface area (Å²) in [5.74, 6) is -2.08. The van der Waals surface area contributed by atoms with E-state index in [0.29, 0.717) is 11.4 Å². The largest absolute Gasteiger partial charge is 0.465 e. The number of hydrogen-bond acceptors (Lipinski definition) is 5. The van der Waals surface area contributed by atoms with E-state index in [1.54, 1.807) is 84.9 Å². The highest BCUT2D eigenvalue weighted by molar-refractivity contribution is 6.26. The monoisotopic (exact) mass is 493 g/mol. The molecule has 0 saturated heterocycles. The van der Waals surface area contributed by atoms with Crippen molar-refractivity contribution in [3.8, 4) is 0 Å². The Bertz CT molecular complexity index is 1420. The zero-order valence-electron chi connectivity index (χ0n) is 19.9. The number of nitrogens with one attached hydrogen (secondary N) is 2. The fraction of sp³-hybridized carbons (Fsp3) is 0.0345. The molecule has 0 aliphatic heterocycles. The lowest BCUT2D eigenvalue weighted by molar-refractivity contribution is 0.0596. The quantitative estimate of drug-likeness (QED) is 0.340. The molecule has 8 heteroatoms. The maximum Gasteiger partial charge on any atom is 0.338 e. The Morgan fingerprint density at radius 1 is 0.649 bits per heavy atom. The van der Waals surface area contributed by atoms with Gasteiger partial charge in [0.05, 0.1) is 23.9 Å². The standard InChI is InChI=1S/C29H23N3O5/c1-37-28(35)24-18-17-20(26(33)30-21-11-5-2-6-12-21)19-25(24)27(34)32(23-15-9-4-10-16-23)29(36)31-22-13-7-3-8-14-22/h2-19H,1H3,(H,30,33)(H,31,36). The number of ether oxygens (including phenoxy) is 1. The summed E-state index contributed by atoms with van der Waals surface area (Å²) >= 11 is 0. The van der Waals surface area contributed by atoms with E-state index in [0.717, 1.165) is 4.90 Å². The van der Waals surface area contributed by atoms with Crippen LogP contribution in [0, 0.1) is 0 Å². The summed E-state index contributed by atoms with van der Waals surface area (Å²) in [5.41, 5.74) is 1.18. The van der Waals surface area contributed by atoms with Gasteiger partial charge in [-0.15, -0.1) is 0 Å². The number of amides is 4. The minimum absolute atomic E-state index is 0.0859. The van der Waals surface area contributed by atoms with Crippen molar-refractivity contribution in [2.45, 2.75) is 0 Å². The summed E-state index contributed by atoms with van der Waals surface area (Å²) in [5, 5.41) is 5.44. The smallest absolute Gasteiger partial charge is 0.338 e. The number of esters is 1. The van der Waals surface area contributed by atoms with Crippen LogP contribution in [0.5, 0.6) is 0 Å². The first-order chi connectivity index (χ1) is 18.0. The molecule has 0 aliphatic carbocycles. The molecule has 184 valence electrons. The van der Waals surface area contributed by atoms with E-state index in [1.807, 2.05) is 6.07 Å². The van der Waals surface area contributed by atoms with E-state index >= 15 is 0 Å². The van der Waals surface area contributed by atoms with E-state index in [2.05, 4.69) is 10.6 Å². The summed E-state index contributed by atoms with van der Waals surface area (Å²) in [6.07, 6.45) is 0. The minimum Gasteiger partial charge on any atom is -0.465 e. The predicted molar refractivity (Wildman–Crippen MR) is 141 cm³/mol. The minimum atomic E-state index is -0.811. The number of carbonyl (C=O) groups is 4. The van der Waals surface area contributed by atoms with Crippen molar-refractivity contribution >= 4 is 40.9 Å². The SMILES string of the molecule is COC(=O)c1ccc(C(=O)Nc2ccccc2)cc1C(=O)N(C(=O)Nc1ccccc1)c1ccccc1. The average molecular weight is 494 g/mol. The summed E-state index contributed by atoms with van der Waals surface area (Å²) in [7, 11) is 1.18. The van der Waals surface area contributed by atoms with Gasteiger partial charge in [0.15, 0.2) is 0 Å². The number of anilines is 3. The number of rotatable bonds is 6. The summed E-state index contributed by atoms with van der Waals surface area (Å²) < 4.78 is 4.85. The van der Waals surface area contributed by atoms with Crippen LogP contribution in [0.25, 0.3) is 0 Å². The normalized spacial score (nSPS) is 10.2. The molecule has 4 aromatic rings. The number of hydrogen-bond donors (Lipinski definition) is 2. The highest BCUT2D eigenvalue weighted by atomic mass is 16.5. The van der Waals surface area contributed by atoms with Crippen molar-refractivity contribution in [3.05, 3.63) is 126 Å². The Hall–Kier alpha value is -5.24. The van der Waals surface area contributed by atoms with Crippen LogP contribution in [0.4, 0.5) is 21.9 Å². The summed E-state index contributed by atoms with van der Waals surface area (Å²) in [6, 6.07) is 29.0. The molecule has 0 aliphatic rings. The van der Waals surface area contributed by atoms with Gasteiger partial charge in [-0.25, -0.2) is 14.5 Å². The summed E-state index contributed by atoms with van der Waals surface area (Å²) in [6.45, 7) is 0. The molecule has 0 unspecified atom stereocenters. The number of methoxy groups -OCH3 is 1. The van der Waals surface area contributed by atoms with Crippen LogP contribution >= 0.6 is 0 Å². The maximum atomic E-state index is 13.9. The van der Waals surface area contributed by atoms with Gasteiger partial charge in [-0.3, -0.25) is 9.59 Å². The molecule has 0 fully saturated rings. The molecule has 0 heterocycles. The van der Waals surface area contributed by atoms with Crippen LogP contribution in [0.3, 0.4) is 0 Å². The molecule has 0 aromatic heterocycles. The van der Waals surface area contributed by atoms with Crippen molar-refractivity contribution in [3.63, 3.8) is 0 Å². The number of para-hydroxylation sites is 3. The van der Waals surface area contributed by atoms with Gasteiger partial charge in [-0.1, -0.05) is 54.6 Å². The van der Waals surface area contributed by atoms with Crippen LogP contribution in [-0.4, -0.2) is 30.9 Å². The fourth-order valence-corrected chi connectivity index (χ4v) is 3.60. The third-order valence-corrected chi connectivity index (χ3v) is 5.39. The Labute approximate surface area is 213 Å². The zero-order valence-corrected chi connectivity index (χ0v) is 19.9. The molecular formula is C29H23N3O5. The number of urea groups is 1. The van der Waals surface area contributed by atoms with E-state index in [4.69, 9.17) is 4.74 Å². The van der Waals surface area contributed by atoms with Gasteiger partial charge < -0.3 is 15.4 Å². The first kappa shape index (κ1) is 24.9. The van der Waals surface area contributed by atoms with Gasteiger partial charge in [-0.2, -0.15) is 0 Å². The molecule has 0 saturated carbocycles. The molecule has 0 bridgehead atoms. The molecule has 8 nitrogen and oxygen atoms in total. The van der Waals surface area contributed by atoms with Crippen LogP contribution < -0.4 is 15.5 Å². The average Bonchev–Trinajstić information content (AvgIpc) is 2.94. The molecule has 2 N–H and O–H groups in total. The van der Waals surface area contributed by atoms with Crippen molar-refractivity contribution in [2.75, 3.05) is 22.6 Å². The molecule has 4 aromatic carbocycles. The lowest BCUT2D eigenvalue weighted by atomic mass is 10.0. The first-order valence-electron chi connectivity index (χ1n) is 11.3. The molecule has 37 heavy (non-hydrogen) atoms. The fourth-order valence-electron chi connectivity index (χ4n) is 3.60. The van der Waals surface area contributed by atoms with E-state index in [9.17, 15) is 19.2 Å². The molecule has 4 amide bonds. The molecule has 0 spiro atoms. The third-order valence-electron chi connectivity index (χ3n) is 5.39. The van der Waals surface area contributed by atoms with Gasteiger partial charge in [0, 0.05) is 16.9 Å². The zero-order chi connectivity index (χ0) is 26.2. The number of benzene rings is 4. The van der Waals surface area contributed by atoms with Gasteiger partial charge in [-0.05, 0) is 54.6 Å². The topological polar surface area (TPSA) is 105 Å². The number of carbonyl (C=O) groups excluding carboxylic acids is 4. The molecule has 0 radical (unpaired) electrons. The van der Waals surface area contributed by atoms with Gasteiger partial charge >= 0.3 is 12.0 Å². The molecular weight excluding hydrogens is 470 g/mol. The van der Waals surface area contributed by atoms with Crippen molar-refractivity contribution in [1.82, 2.24) is 0 Å². The highest BCUT2D eigenvalue weighted by Crippen LogP contribution is 2.23. The van der Waals surface area contributed by atoms with E-state index in [-0.39, 0.29) is 22.4 Å². The first-order valence-corrected chi connectivity index (χ1v) is 11.3. The molecule has 4 rings (SSSR count). The number of imide groups is 1. The van der Waals surface area contributed by atoms with E-state index < -0.39 is 23.8 Å². The second-order valence-corrected chi connectivity index (χ2v) is 7.84. The van der Waals surface area contributed by atoms with Gasteiger partial charge in [0.1, 0.15) is 0 Å². The maximum absolute atomic E-state index is 13.9. The second kappa shape index (κ2) is 11.5. The number of nitrogens with zero attached hydrogens (tertiary/aromatic N) is 1. The van der Waals surface area contributed by atoms with Gasteiger partial charge in [0.2, 0.25) is 0 Å². The Balaban J connectivity index is 1.75. The van der Waals surface area contributed by atoms with Crippen LogP contribution in [0.2, 0.25) is 0 Å². The van der Waals surface area contributed by atoms with Crippen molar-refractivity contribution in [2.24, 2.45) is 0 Å². The Kier molecular flexibility index (Phi) is 7.70. The van der Waals surface area contributed by atoms with Crippen LogP contribution in [-0.2, 0) is 4.74 Å². The lowest BCUT2D eigenvalue weighted by Crippen LogP contribution is -2.41. The predicted octanol–water partition coefficient (Wildman–Crippen LogP) is 5.60. The van der Waals surface area contributed by atoms with Crippen molar-refractivity contribution < 1.29 is 23.9 Å². The third kappa shape index (κ3) is 5.88. The molecule has 0 atom stereocenters. The van der Waals surface area contributed by atoms with Crippen LogP contribution in [0.15, 0.2) is 109 Å². The second-order valence-electron chi connectivity index (χ2n) is 7.84. The Morgan fingerprint density at radius 2 is 1.19 bits per heavy atom. The highest BCUT2D eigenvalue weighted by Gasteiger charge is 2.29. The lowest BCUT2D eigenvalue weighted by Gasteiger charge is -2.23. The van der Waals surface area contributed by atoms with Crippen molar-refractivity contribution in [1.29, 1.82) is 0 Å². The Morgan fingerprint density at radius 3 is 1.76 bits per heavy atom.